The maximum Gasteiger partial charge on any atom is 0.251 e. The van der Waals surface area contributed by atoms with Crippen molar-refractivity contribution in [3.8, 4) is 0 Å². The van der Waals surface area contributed by atoms with Crippen LogP contribution in [0.25, 0.3) is 0 Å². The molecule has 0 bridgehead atoms. The van der Waals surface area contributed by atoms with E-state index in [2.05, 4.69) is 24.1 Å². The Morgan fingerprint density at radius 1 is 1.25 bits per heavy atom. The summed E-state index contributed by atoms with van der Waals surface area (Å²) in [5, 5.41) is 2.97. The molecule has 0 aromatic heterocycles. The number of carbonyl (C=O) groups excluding carboxylic acids is 1. The Balaban J connectivity index is 1.75. The van der Waals surface area contributed by atoms with E-state index in [0.717, 1.165) is 30.8 Å². The van der Waals surface area contributed by atoms with Crippen molar-refractivity contribution in [2.24, 2.45) is 0 Å². The molecule has 1 aliphatic heterocycles. The quantitative estimate of drug-likeness (QED) is 0.912. The van der Waals surface area contributed by atoms with E-state index in [9.17, 15) is 4.79 Å². The lowest BCUT2D eigenvalue weighted by Gasteiger charge is -2.35. The lowest BCUT2D eigenvalue weighted by molar-refractivity contribution is -0.0672. The summed E-state index contributed by atoms with van der Waals surface area (Å²) in [6, 6.07) is 7.65. The van der Waals surface area contributed by atoms with Crippen LogP contribution in [-0.2, 0) is 4.74 Å². The number of nitrogens with one attached hydrogen (secondary N) is 1. The number of aryl methyl sites for hydroxylation is 1. The average molecular weight is 276 g/mol. The Bertz CT molecular complexity index is 434. The van der Waals surface area contributed by atoms with Crippen LogP contribution in [0.1, 0.15) is 29.8 Å². The highest BCUT2D eigenvalue weighted by atomic mass is 16.5. The zero-order valence-electron chi connectivity index (χ0n) is 12.6. The van der Waals surface area contributed by atoms with Crippen LogP contribution in [0.3, 0.4) is 0 Å². The smallest absolute Gasteiger partial charge is 0.251 e. The molecule has 4 nitrogen and oxygen atoms in total. The van der Waals surface area contributed by atoms with Crippen molar-refractivity contribution in [1.29, 1.82) is 0 Å². The highest BCUT2D eigenvalue weighted by Crippen LogP contribution is 2.09. The maximum atomic E-state index is 12.0. The van der Waals surface area contributed by atoms with Gasteiger partial charge in [-0.2, -0.15) is 0 Å². The molecule has 110 valence electrons. The van der Waals surface area contributed by atoms with E-state index in [0.29, 0.717) is 6.54 Å². The van der Waals surface area contributed by atoms with Crippen LogP contribution in [0.2, 0.25) is 0 Å². The number of morpholine rings is 1. The van der Waals surface area contributed by atoms with Gasteiger partial charge in [-0.3, -0.25) is 9.69 Å². The first kappa shape index (κ1) is 15.0. The van der Waals surface area contributed by atoms with Gasteiger partial charge in [0.25, 0.3) is 5.91 Å². The summed E-state index contributed by atoms with van der Waals surface area (Å²) in [4.78, 5) is 14.3. The summed E-state index contributed by atoms with van der Waals surface area (Å²) < 4.78 is 5.70. The van der Waals surface area contributed by atoms with E-state index in [-0.39, 0.29) is 18.1 Å². The predicted molar refractivity (Wildman–Crippen MR) is 80.0 cm³/mol. The summed E-state index contributed by atoms with van der Waals surface area (Å²) in [5.74, 6) is -0.000596. The number of nitrogens with zero attached hydrogens (tertiary/aromatic N) is 1. The molecule has 1 aromatic rings. The second-order valence-electron chi connectivity index (χ2n) is 5.64. The zero-order valence-corrected chi connectivity index (χ0v) is 12.6. The number of rotatable bonds is 4. The molecule has 1 aliphatic rings. The van der Waals surface area contributed by atoms with E-state index in [1.807, 2.05) is 31.2 Å². The number of hydrogen-bond acceptors (Lipinski definition) is 3. The van der Waals surface area contributed by atoms with E-state index in [1.54, 1.807) is 0 Å². The van der Waals surface area contributed by atoms with E-state index in [4.69, 9.17) is 4.74 Å². The Kier molecular flexibility index (Phi) is 5.15. The summed E-state index contributed by atoms with van der Waals surface area (Å²) in [6.07, 6.45) is 0.540. The summed E-state index contributed by atoms with van der Waals surface area (Å²) >= 11 is 0. The van der Waals surface area contributed by atoms with Gasteiger partial charge in [-0.15, -0.1) is 0 Å². The minimum absolute atomic E-state index is 0.000596. The number of carbonyl (C=O) groups is 1. The van der Waals surface area contributed by atoms with E-state index >= 15 is 0 Å². The van der Waals surface area contributed by atoms with E-state index in [1.165, 1.54) is 0 Å². The molecule has 1 amide bonds. The molecule has 0 radical (unpaired) electrons. The summed E-state index contributed by atoms with van der Waals surface area (Å²) in [6.45, 7) is 9.61. The van der Waals surface area contributed by atoms with Gasteiger partial charge in [0, 0.05) is 31.7 Å². The van der Waals surface area contributed by atoms with Crippen molar-refractivity contribution < 1.29 is 9.53 Å². The predicted octanol–water partition coefficient (Wildman–Crippen LogP) is 1.83. The van der Waals surface area contributed by atoms with Crippen LogP contribution < -0.4 is 5.32 Å². The molecule has 1 heterocycles. The van der Waals surface area contributed by atoms with Crippen molar-refractivity contribution in [2.45, 2.75) is 33.0 Å². The maximum absolute atomic E-state index is 12.0. The van der Waals surface area contributed by atoms with Crippen LogP contribution in [0.15, 0.2) is 24.3 Å². The fraction of sp³-hybridized carbons (Fsp3) is 0.562. The fourth-order valence-electron chi connectivity index (χ4n) is 2.60. The van der Waals surface area contributed by atoms with Crippen LogP contribution in [-0.4, -0.2) is 49.2 Å². The van der Waals surface area contributed by atoms with Gasteiger partial charge in [0.2, 0.25) is 0 Å². The summed E-state index contributed by atoms with van der Waals surface area (Å²) in [7, 11) is 0. The first-order valence-corrected chi connectivity index (χ1v) is 7.27. The first-order chi connectivity index (χ1) is 9.54. The third-order valence-corrected chi connectivity index (χ3v) is 3.52. The van der Waals surface area contributed by atoms with Gasteiger partial charge in [0.1, 0.15) is 0 Å². The number of amides is 1. The van der Waals surface area contributed by atoms with Gasteiger partial charge in [0.15, 0.2) is 0 Å². The molecule has 1 aromatic carbocycles. The third-order valence-electron chi connectivity index (χ3n) is 3.52. The Hall–Kier alpha value is -1.39. The molecule has 1 N–H and O–H groups in total. The van der Waals surface area contributed by atoms with Gasteiger partial charge in [-0.05, 0) is 32.9 Å². The zero-order chi connectivity index (χ0) is 14.5. The molecule has 0 spiro atoms. The Morgan fingerprint density at radius 2 is 1.85 bits per heavy atom. The first-order valence-electron chi connectivity index (χ1n) is 7.27. The highest BCUT2D eigenvalue weighted by Gasteiger charge is 2.21. The molecule has 0 aliphatic carbocycles. The molecule has 0 unspecified atom stereocenters. The van der Waals surface area contributed by atoms with Gasteiger partial charge in [0.05, 0.1) is 12.2 Å². The van der Waals surface area contributed by atoms with Gasteiger partial charge < -0.3 is 10.1 Å². The minimum atomic E-state index is -0.000596. The highest BCUT2D eigenvalue weighted by molar-refractivity contribution is 5.94. The Morgan fingerprint density at radius 3 is 2.45 bits per heavy atom. The molecule has 1 fully saturated rings. The molecular weight excluding hydrogens is 252 g/mol. The number of benzene rings is 1. The lowest BCUT2D eigenvalue weighted by Crippen LogP contribution is -2.47. The van der Waals surface area contributed by atoms with Gasteiger partial charge >= 0.3 is 0 Å². The normalized spacial score (nSPS) is 23.6. The standard InChI is InChI=1S/C16H24N2O2/c1-12-4-6-15(7-5-12)16(19)17-8-9-18-10-13(2)20-14(3)11-18/h4-7,13-14H,8-11H2,1-3H3,(H,17,19)/t13-,14+. The van der Waals surface area contributed by atoms with Crippen LogP contribution in [0.4, 0.5) is 0 Å². The third kappa shape index (κ3) is 4.32. The van der Waals surface area contributed by atoms with Gasteiger partial charge in [-0.1, -0.05) is 17.7 Å². The van der Waals surface area contributed by atoms with Crippen molar-refractivity contribution in [3.05, 3.63) is 35.4 Å². The topological polar surface area (TPSA) is 41.6 Å². The fourth-order valence-corrected chi connectivity index (χ4v) is 2.60. The van der Waals surface area contributed by atoms with Crippen molar-refractivity contribution in [1.82, 2.24) is 10.2 Å². The number of ether oxygens (including phenoxy) is 1. The molecule has 20 heavy (non-hydrogen) atoms. The molecule has 1 saturated heterocycles. The second kappa shape index (κ2) is 6.86. The Labute approximate surface area is 121 Å². The molecule has 2 atom stereocenters. The van der Waals surface area contributed by atoms with Crippen LogP contribution in [0, 0.1) is 6.92 Å². The molecule has 0 saturated carbocycles. The van der Waals surface area contributed by atoms with Crippen LogP contribution in [0.5, 0.6) is 0 Å². The molecule has 2 rings (SSSR count). The SMILES string of the molecule is Cc1ccc(C(=O)NCCN2C[C@@H](C)O[C@@H](C)C2)cc1. The second-order valence-corrected chi connectivity index (χ2v) is 5.64. The lowest BCUT2D eigenvalue weighted by atomic mass is 10.1. The molecular formula is C16H24N2O2. The van der Waals surface area contributed by atoms with Crippen molar-refractivity contribution in [3.63, 3.8) is 0 Å². The average Bonchev–Trinajstić information content (AvgIpc) is 2.38. The van der Waals surface area contributed by atoms with E-state index < -0.39 is 0 Å². The number of hydrogen-bond donors (Lipinski definition) is 1. The summed E-state index contributed by atoms with van der Waals surface area (Å²) in [5.41, 5.74) is 1.89. The van der Waals surface area contributed by atoms with Gasteiger partial charge in [-0.25, -0.2) is 0 Å². The van der Waals surface area contributed by atoms with Crippen LogP contribution >= 0.6 is 0 Å². The minimum Gasteiger partial charge on any atom is -0.373 e. The van der Waals surface area contributed by atoms with Crippen molar-refractivity contribution in [2.75, 3.05) is 26.2 Å². The largest absolute Gasteiger partial charge is 0.373 e. The van der Waals surface area contributed by atoms with Crippen molar-refractivity contribution >= 4 is 5.91 Å². The molecule has 4 heteroatoms. The monoisotopic (exact) mass is 276 g/mol.